The summed E-state index contributed by atoms with van der Waals surface area (Å²) in [6.45, 7) is 9.16. The quantitative estimate of drug-likeness (QED) is 0.327. The molecule has 0 bridgehead atoms. The van der Waals surface area contributed by atoms with Gasteiger partial charge < -0.3 is 25.2 Å². The van der Waals surface area contributed by atoms with Crippen molar-refractivity contribution in [1.82, 2.24) is 10.6 Å². The predicted octanol–water partition coefficient (Wildman–Crippen LogP) is 3.21. The SMILES string of the molecule is CCNC(=NCC(C)(C)c1ccc2c(c1)OCCO2)NC1CCC(O)CC1.I. The topological polar surface area (TPSA) is 75.1 Å². The van der Waals surface area contributed by atoms with Crippen LogP contribution in [-0.2, 0) is 5.41 Å². The van der Waals surface area contributed by atoms with Gasteiger partial charge in [-0.05, 0) is 50.3 Å². The monoisotopic (exact) mass is 503 g/mol. The highest BCUT2D eigenvalue weighted by Crippen LogP contribution is 2.35. The average molecular weight is 503 g/mol. The predicted molar refractivity (Wildman–Crippen MR) is 123 cm³/mol. The Hall–Kier alpha value is -1.22. The smallest absolute Gasteiger partial charge is 0.191 e. The number of aliphatic hydroxyl groups is 1. The van der Waals surface area contributed by atoms with Crippen molar-refractivity contribution in [3.05, 3.63) is 23.8 Å². The summed E-state index contributed by atoms with van der Waals surface area (Å²) in [5.41, 5.74) is 1.06. The van der Waals surface area contributed by atoms with Crippen molar-refractivity contribution in [2.45, 2.75) is 64.0 Å². The van der Waals surface area contributed by atoms with E-state index >= 15 is 0 Å². The van der Waals surface area contributed by atoms with Crippen molar-refractivity contribution in [3.63, 3.8) is 0 Å². The molecule has 2 aliphatic rings. The molecule has 3 rings (SSSR count). The van der Waals surface area contributed by atoms with Gasteiger partial charge in [0.05, 0.1) is 12.6 Å². The van der Waals surface area contributed by atoms with Gasteiger partial charge in [-0.15, -0.1) is 24.0 Å². The number of fused-ring (bicyclic) bond motifs is 1. The molecule has 6 nitrogen and oxygen atoms in total. The zero-order chi connectivity index (χ0) is 19.3. The van der Waals surface area contributed by atoms with Crippen LogP contribution in [0.3, 0.4) is 0 Å². The number of nitrogens with zero attached hydrogens (tertiary/aromatic N) is 1. The van der Waals surface area contributed by atoms with Crippen LogP contribution in [0.1, 0.15) is 52.0 Å². The second-order valence-corrected chi connectivity index (χ2v) is 8.09. The van der Waals surface area contributed by atoms with Crippen molar-refractivity contribution in [1.29, 1.82) is 0 Å². The standard InChI is InChI=1S/C21H33N3O3.HI/c1-4-22-20(24-16-6-8-17(25)9-7-16)23-14-21(2,3)15-5-10-18-19(13-15)27-12-11-26-18;/h5,10,13,16-17,25H,4,6-9,11-12,14H2,1-3H3,(H2,22,23,24);1H. The number of aliphatic imine (C=N–C) groups is 1. The first-order valence-electron chi connectivity index (χ1n) is 10.1. The Labute approximate surface area is 185 Å². The van der Waals surface area contributed by atoms with Crippen LogP contribution in [0, 0.1) is 0 Å². The van der Waals surface area contributed by atoms with Gasteiger partial charge in [0.15, 0.2) is 17.5 Å². The van der Waals surface area contributed by atoms with Gasteiger partial charge in [-0.3, -0.25) is 4.99 Å². The normalized spacial score (nSPS) is 22.2. The Morgan fingerprint density at radius 1 is 1.14 bits per heavy atom. The fourth-order valence-electron chi connectivity index (χ4n) is 3.57. The van der Waals surface area contributed by atoms with E-state index in [1.807, 2.05) is 6.07 Å². The van der Waals surface area contributed by atoms with E-state index in [2.05, 4.69) is 43.5 Å². The Balaban J connectivity index is 0.00000280. The van der Waals surface area contributed by atoms with Crippen molar-refractivity contribution in [2.75, 3.05) is 26.3 Å². The molecule has 0 aromatic heterocycles. The first kappa shape index (κ1) is 23.1. The molecule has 1 saturated carbocycles. The summed E-state index contributed by atoms with van der Waals surface area (Å²) in [5, 5.41) is 16.6. The van der Waals surface area contributed by atoms with E-state index in [9.17, 15) is 5.11 Å². The lowest BCUT2D eigenvalue weighted by Gasteiger charge is -2.29. The molecule has 0 saturated heterocycles. The van der Waals surface area contributed by atoms with E-state index in [4.69, 9.17) is 14.5 Å². The number of aliphatic hydroxyl groups excluding tert-OH is 1. The molecule has 0 radical (unpaired) electrons. The van der Waals surface area contributed by atoms with Crippen molar-refractivity contribution in [2.24, 2.45) is 4.99 Å². The van der Waals surface area contributed by atoms with E-state index in [0.29, 0.717) is 25.8 Å². The molecule has 1 aliphatic carbocycles. The highest BCUT2D eigenvalue weighted by Gasteiger charge is 2.24. The fraction of sp³-hybridized carbons (Fsp3) is 0.667. The minimum Gasteiger partial charge on any atom is -0.486 e. The molecule has 158 valence electrons. The molecule has 1 aromatic carbocycles. The maximum absolute atomic E-state index is 9.69. The molecule has 0 amide bonds. The van der Waals surface area contributed by atoms with Gasteiger partial charge >= 0.3 is 0 Å². The summed E-state index contributed by atoms with van der Waals surface area (Å²) < 4.78 is 11.3. The molecule has 7 heteroatoms. The van der Waals surface area contributed by atoms with E-state index in [0.717, 1.165) is 49.7 Å². The Kier molecular flexibility index (Phi) is 8.67. The molecule has 1 fully saturated rings. The Morgan fingerprint density at radius 3 is 2.50 bits per heavy atom. The Morgan fingerprint density at radius 2 is 1.82 bits per heavy atom. The number of nitrogens with one attached hydrogen (secondary N) is 2. The second-order valence-electron chi connectivity index (χ2n) is 8.09. The highest BCUT2D eigenvalue weighted by molar-refractivity contribution is 14.0. The molecule has 1 heterocycles. The fourth-order valence-corrected chi connectivity index (χ4v) is 3.57. The number of hydrogen-bond acceptors (Lipinski definition) is 4. The van der Waals surface area contributed by atoms with Crippen LogP contribution in [0.25, 0.3) is 0 Å². The van der Waals surface area contributed by atoms with Crippen LogP contribution in [0.15, 0.2) is 23.2 Å². The number of guanidine groups is 1. The highest BCUT2D eigenvalue weighted by atomic mass is 127. The molecule has 0 unspecified atom stereocenters. The zero-order valence-corrected chi connectivity index (χ0v) is 19.5. The van der Waals surface area contributed by atoms with E-state index in [1.54, 1.807) is 0 Å². The first-order chi connectivity index (χ1) is 13.0. The third-order valence-corrected chi connectivity index (χ3v) is 5.34. The minimum absolute atomic E-state index is 0. The molecular weight excluding hydrogens is 469 g/mol. The summed E-state index contributed by atoms with van der Waals surface area (Å²) in [4.78, 5) is 4.85. The van der Waals surface area contributed by atoms with Gasteiger partial charge in [-0.2, -0.15) is 0 Å². The van der Waals surface area contributed by atoms with Crippen molar-refractivity contribution < 1.29 is 14.6 Å². The summed E-state index contributed by atoms with van der Waals surface area (Å²) in [5.74, 6) is 2.49. The van der Waals surface area contributed by atoms with Crippen LogP contribution >= 0.6 is 24.0 Å². The van der Waals surface area contributed by atoms with Gasteiger partial charge in [0.2, 0.25) is 0 Å². The molecule has 3 N–H and O–H groups in total. The number of ether oxygens (including phenoxy) is 2. The molecule has 1 aliphatic heterocycles. The number of rotatable bonds is 5. The van der Waals surface area contributed by atoms with Crippen molar-refractivity contribution in [3.8, 4) is 11.5 Å². The third-order valence-electron chi connectivity index (χ3n) is 5.34. The molecule has 1 aromatic rings. The third kappa shape index (κ3) is 6.14. The molecule has 28 heavy (non-hydrogen) atoms. The largest absolute Gasteiger partial charge is 0.486 e. The maximum atomic E-state index is 9.69. The molecule has 0 atom stereocenters. The summed E-state index contributed by atoms with van der Waals surface area (Å²) >= 11 is 0. The maximum Gasteiger partial charge on any atom is 0.191 e. The first-order valence-corrected chi connectivity index (χ1v) is 10.1. The van der Waals surface area contributed by atoms with E-state index < -0.39 is 0 Å². The van der Waals surface area contributed by atoms with Crippen LogP contribution in [0.5, 0.6) is 11.5 Å². The van der Waals surface area contributed by atoms with Crippen LogP contribution < -0.4 is 20.1 Å². The number of halogens is 1. The van der Waals surface area contributed by atoms with Gasteiger partial charge in [-0.1, -0.05) is 19.9 Å². The van der Waals surface area contributed by atoms with E-state index in [-0.39, 0.29) is 35.5 Å². The summed E-state index contributed by atoms with van der Waals surface area (Å²) in [7, 11) is 0. The lowest BCUT2D eigenvalue weighted by Crippen LogP contribution is -2.45. The summed E-state index contributed by atoms with van der Waals surface area (Å²) in [6, 6.07) is 6.55. The van der Waals surface area contributed by atoms with Gasteiger partial charge in [-0.25, -0.2) is 0 Å². The summed E-state index contributed by atoms with van der Waals surface area (Å²) in [6.07, 6.45) is 3.55. The van der Waals surface area contributed by atoms with Crippen molar-refractivity contribution >= 4 is 29.9 Å². The van der Waals surface area contributed by atoms with Gasteiger partial charge in [0.1, 0.15) is 13.2 Å². The van der Waals surface area contributed by atoms with Crippen LogP contribution in [-0.4, -0.2) is 49.5 Å². The minimum atomic E-state index is -0.142. The van der Waals surface area contributed by atoms with Gasteiger partial charge in [0.25, 0.3) is 0 Å². The van der Waals surface area contributed by atoms with E-state index in [1.165, 1.54) is 5.56 Å². The lowest BCUT2D eigenvalue weighted by molar-refractivity contribution is 0.120. The molecular formula is C21H34IN3O3. The molecule has 0 spiro atoms. The second kappa shape index (κ2) is 10.5. The average Bonchev–Trinajstić information content (AvgIpc) is 2.67. The Bertz CT molecular complexity index is 658. The van der Waals surface area contributed by atoms with Crippen LogP contribution in [0.4, 0.5) is 0 Å². The zero-order valence-electron chi connectivity index (χ0n) is 17.2. The van der Waals surface area contributed by atoms with Crippen LogP contribution in [0.2, 0.25) is 0 Å². The lowest BCUT2D eigenvalue weighted by atomic mass is 9.84. The van der Waals surface area contributed by atoms with Gasteiger partial charge in [0, 0.05) is 18.0 Å². The number of benzene rings is 1. The number of hydrogen-bond donors (Lipinski definition) is 3.